The molecule has 0 aliphatic carbocycles. The van der Waals surface area contributed by atoms with E-state index in [2.05, 4.69) is 15.4 Å². The Morgan fingerprint density at radius 3 is 2.80 bits per heavy atom. The summed E-state index contributed by atoms with van der Waals surface area (Å²) >= 11 is 6.08. The maximum absolute atomic E-state index is 12.9. The van der Waals surface area contributed by atoms with Crippen LogP contribution in [0.25, 0.3) is 5.69 Å². The van der Waals surface area contributed by atoms with E-state index in [-0.39, 0.29) is 5.91 Å². The number of anilines is 1. The van der Waals surface area contributed by atoms with Crippen molar-refractivity contribution in [3.05, 3.63) is 53.1 Å². The van der Waals surface area contributed by atoms with Crippen LogP contribution in [0.15, 0.2) is 36.7 Å². The Bertz CT molecular complexity index is 900. The van der Waals surface area contributed by atoms with Crippen LogP contribution in [0.4, 0.5) is 5.69 Å². The summed E-state index contributed by atoms with van der Waals surface area (Å²) in [6.07, 6.45) is 4.96. The third-order valence-electron chi connectivity index (χ3n) is 3.89. The van der Waals surface area contributed by atoms with Gasteiger partial charge in [-0.05, 0) is 24.6 Å². The van der Waals surface area contributed by atoms with E-state index in [9.17, 15) is 4.79 Å². The first-order valence-electron chi connectivity index (χ1n) is 7.98. The topological polar surface area (TPSA) is 68.8 Å². The van der Waals surface area contributed by atoms with Gasteiger partial charge in [-0.1, -0.05) is 36.2 Å². The highest BCUT2D eigenvalue weighted by atomic mass is 35.5. The van der Waals surface area contributed by atoms with Crippen LogP contribution in [0.5, 0.6) is 0 Å². The molecule has 0 aliphatic rings. The SMILES string of the molecule is CCCc1c(C(=O)N(C)c2cnn(C)c2)nnn1-c1cccc(Cl)c1. The Morgan fingerprint density at radius 1 is 1.36 bits per heavy atom. The van der Waals surface area contributed by atoms with E-state index in [1.54, 1.807) is 48.0 Å². The minimum absolute atomic E-state index is 0.218. The molecule has 130 valence electrons. The van der Waals surface area contributed by atoms with E-state index in [1.165, 1.54) is 4.90 Å². The number of aryl methyl sites for hydroxylation is 1. The van der Waals surface area contributed by atoms with E-state index in [0.717, 1.165) is 17.8 Å². The number of amides is 1. The molecule has 8 heteroatoms. The average molecular weight is 359 g/mol. The monoisotopic (exact) mass is 358 g/mol. The maximum Gasteiger partial charge on any atom is 0.280 e. The Kier molecular flexibility index (Phi) is 4.85. The van der Waals surface area contributed by atoms with Crippen molar-refractivity contribution in [2.75, 3.05) is 11.9 Å². The van der Waals surface area contributed by atoms with Gasteiger partial charge in [-0.3, -0.25) is 9.48 Å². The number of aromatic nitrogens is 5. The molecule has 0 unspecified atom stereocenters. The van der Waals surface area contributed by atoms with Crippen molar-refractivity contribution >= 4 is 23.2 Å². The van der Waals surface area contributed by atoms with Crippen molar-refractivity contribution < 1.29 is 4.79 Å². The summed E-state index contributed by atoms with van der Waals surface area (Å²) in [7, 11) is 3.51. The normalized spacial score (nSPS) is 10.9. The number of carbonyl (C=O) groups excluding carboxylic acids is 1. The minimum Gasteiger partial charge on any atom is -0.307 e. The minimum atomic E-state index is -0.218. The lowest BCUT2D eigenvalue weighted by Crippen LogP contribution is -2.27. The van der Waals surface area contributed by atoms with Crippen molar-refractivity contribution in [3.63, 3.8) is 0 Å². The molecule has 3 aromatic rings. The lowest BCUT2D eigenvalue weighted by molar-refractivity contribution is 0.0987. The molecule has 0 spiro atoms. The Morgan fingerprint density at radius 2 is 2.16 bits per heavy atom. The number of benzene rings is 1. The van der Waals surface area contributed by atoms with E-state index in [4.69, 9.17) is 11.6 Å². The first kappa shape index (κ1) is 17.2. The quantitative estimate of drug-likeness (QED) is 0.703. The van der Waals surface area contributed by atoms with Gasteiger partial charge < -0.3 is 4.90 Å². The molecule has 1 amide bonds. The molecule has 7 nitrogen and oxygen atoms in total. The second-order valence-electron chi connectivity index (χ2n) is 5.76. The summed E-state index contributed by atoms with van der Waals surface area (Å²) in [4.78, 5) is 14.4. The summed E-state index contributed by atoms with van der Waals surface area (Å²) in [5.74, 6) is -0.218. The lowest BCUT2D eigenvalue weighted by Gasteiger charge is -2.14. The zero-order valence-corrected chi connectivity index (χ0v) is 15.1. The van der Waals surface area contributed by atoms with Gasteiger partial charge in [-0.2, -0.15) is 5.10 Å². The van der Waals surface area contributed by atoms with Crippen LogP contribution in [0, 0.1) is 0 Å². The van der Waals surface area contributed by atoms with Crippen molar-refractivity contribution in [2.45, 2.75) is 19.8 Å². The molecular weight excluding hydrogens is 340 g/mol. The molecule has 0 atom stereocenters. The number of carbonyl (C=O) groups is 1. The highest BCUT2D eigenvalue weighted by molar-refractivity contribution is 6.30. The van der Waals surface area contributed by atoms with Crippen LogP contribution in [0.2, 0.25) is 5.02 Å². The molecule has 0 N–H and O–H groups in total. The fourth-order valence-electron chi connectivity index (χ4n) is 2.60. The van der Waals surface area contributed by atoms with Crippen LogP contribution < -0.4 is 4.90 Å². The summed E-state index contributed by atoms with van der Waals surface area (Å²) < 4.78 is 3.33. The standard InChI is InChI=1S/C17H19ClN6O/c1-4-6-15-16(17(25)23(3)14-10-19-22(2)11-14)20-21-24(15)13-8-5-7-12(18)9-13/h5,7-11H,4,6H2,1-3H3. The molecular formula is C17H19ClN6O. The molecule has 2 heterocycles. The van der Waals surface area contributed by atoms with Gasteiger partial charge in [0.1, 0.15) is 0 Å². The fraction of sp³-hybridized carbons (Fsp3) is 0.294. The molecule has 2 aromatic heterocycles. The van der Waals surface area contributed by atoms with Crippen LogP contribution >= 0.6 is 11.6 Å². The van der Waals surface area contributed by atoms with Crippen molar-refractivity contribution in [2.24, 2.45) is 7.05 Å². The maximum atomic E-state index is 12.9. The largest absolute Gasteiger partial charge is 0.307 e. The predicted molar refractivity (Wildman–Crippen MR) is 96.3 cm³/mol. The molecule has 1 aromatic carbocycles. The lowest BCUT2D eigenvalue weighted by atomic mass is 10.2. The van der Waals surface area contributed by atoms with Gasteiger partial charge in [0.05, 0.1) is 23.3 Å². The number of rotatable bonds is 5. The Balaban J connectivity index is 2.00. The molecule has 0 saturated carbocycles. The zero-order valence-electron chi connectivity index (χ0n) is 14.3. The van der Waals surface area contributed by atoms with Crippen LogP contribution in [-0.4, -0.2) is 37.7 Å². The van der Waals surface area contributed by atoms with Gasteiger partial charge in [0, 0.05) is 25.3 Å². The first-order chi connectivity index (χ1) is 12.0. The predicted octanol–water partition coefficient (Wildman–Crippen LogP) is 2.88. The van der Waals surface area contributed by atoms with Crippen molar-refractivity contribution in [1.82, 2.24) is 24.8 Å². The van der Waals surface area contributed by atoms with Crippen LogP contribution in [-0.2, 0) is 13.5 Å². The van der Waals surface area contributed by atoms with E-state index in [1.807, 2.05) is 19.1 Å². The average Bonchev–Trinajstić information content (AvgIpc) is 3.20. The summed E-state index contributed by atoms with van der Waals surface area (Å²) in [5.41, 5.74) is 2.59. The number of nitrogens with zero attached hydrogens (tertiary/aromatic N) is 6. The molecule has 3 rings (SSSR count). The second-order valence-corrected chi connectivity index (χ2v) is 6.20. The molecule has 0 saturated heterocycles. The summed E-state index contributed by atoms with van der Waals surface area (Å²) in [5, 5.41) is 13.0. The van der Waals surface area contributed by atoms with Crippen LogP contribution in [0.1, 0.15) is 29.5 Å². The summed E-state index contributed by atoms with van der Waals surface area (Å²) in [6, 6.07) is 7.33. The first-order valence-corrected chi connectivity index (χ1v) is 8.36. The number of halogens is 1. The van der Waals surface area contributed by atoms with E-state index in [0.29, 0.717) is 22.8 Å². The molecule has 0 aliphatic heterocycles. The molecule has 25 heavy (non-hydrogen) atoms. The van der Waals surface area contributed by atoms with Gasteiger partial charge in [-0.25, -0.2) is 4.68 Å². The Hall–Kier alpha value is -2.67. The van der Waals surface area contributed by atoms with Gasteiger partial charge in [0.15, 0.2) is 5.69 Å². The van der Waals surface area contributed by atoms with Crippen molar-refractivity contribution in [3.8, 4) is 5.69 Å². The van der Waals surface area contributed by atoms with Gasteiger partial charge in [-0.15, -0.1) is 5.10 Å². The molecule has 0 fully saturated rings. The smallest absolute Gasteiger partial charge is 0.280 e. The molecule has 0 bridgehead atoms. The number of hydrogen-bond acceptors (Lipinski definition) is 4. The van der Waals surface area contributed by atoms with Crippen LogP contribution in [0.3, 0.4) is 0 Å². The molecule has 0 radical (unpaired) electrons. The number of hydrogen-bond donors (Lipinski definition) is 0. The third kappa shape index (κ3) is 3.41. The van der Waals surface area contributed by atoms with Gasteiger partial charge in [0.2, 0.25) is 0 Å². The van der Waals surface area contributed by atoms with Gasteiger partial charge in [0.25, 0.3) is 5.91 Å². The highest BCUT2D eigenvalue weighted by Crippen LogP contribution is 2.21. The third-order valence-corrected chi connectivity index (χ3v) is 4.12. The van der Waals surface area contributed by atoms with E-state index >= 15 is 0 Å². The van der Waals surface area contributed by atoms with E-state index < -0.39 is 0 Å². The fourth-order valence-corrected chi connectivity index (χ4v) is 2.79. The zero-order chi connectivity index (χ0) is 18.0. The van der Waals surface area contributed by atoms with Gasteiger partial charge >= 0.3 is 0 Å². The van der Waals surface area contributed by atoms with Crippen molar-refractivity contribution in [1.29, 1.82) is 0 Å². The summed E-state index contributed by atoms with van der Waals surface area (Å²) in [6.45, 7) is 2.05. The highest BCUT2D eigenvalue weighted by Gasteiger charge is 2.24. The second kappa shape index (κ2) is 7.06. The Labute approximate surface area is 150 Å².